The molecule has 0 aliphatic carbocycles. The zero-order valence-electron chi connectivity index (χ0n) is 14.3. The van der Waals surface area contributed by atoms with Crippen molar-refractivity contribution in [2.45, 2.75) is 25.9 Å². The van der Waals surface area contributed by atoms with E-state index in [1.54, 1.807) is 36.1 Å². The van der Waals surface area contributed by atoms with Crippen molar-refractivity contribution in [3.05, 3.63) is 74.4 Å². The van der Waals surface area contributed by atoms with E-state index in [9.17, 15) is 9.59 Å². The number of H-pyrrole nitrogens is 1. The maximum atomic E-state index is 12.3. The topological polar surface area (TPSA) is 106 Å². The third kappa shape index (κ3) is 4.72. The van der Waals surface area contributed by atoms with Gasteiger partial charge in [-0.15, -0.1) is 0 Å². The van der Waals surface area contributed by atoms with Crippen LogP contribution in [0, 0.1) is 0 Å². The Balaban J connectivity index is 1.70. The van der Waals surface area contributed by atoms with Gasteiger partial charge in [-0.2, -0.15) is 5.10 Å². The van der Waals surface area contributed by atoms with E-state index in [0.717, 1.165) is 0 Å². The van der Waals surface area contributed by atoms with Crippen LogP contribution in [0.4, 0.5) is 0 Å². The molecule has 8 nitrogen and oxygen atoms in total. The molecule has 27 heavy (non-hydrogen) atoms. The number of benzene rings is 1. The minimum absolute atomic E-state index is 0.0746. The fourth-order valence-corrected chi connectivity index (χ4v) is 3.04. The average Bonchev–Trinajstić information content (AvgIpc) is 3.11. The molecule has 2 N–H and O–H groups in total. The first kappa shape index (κ1) is 19.1. The molecular weight excluding hydrogens is 391 g/mol. The molecule has 0 spiro atoms. The van der Waals surface area contributed by atoms with Crippen LogP contribution >= 0.6 is 23.2 Å². The maximum Gasteiger partial charge on any atom is 0.263 e. The fourth-order valence-electron chi connectivity index (χ4n) is 2.51. The molecule has 0 fully saturated rings. The number of amides is 1. The lowest BCUT2D eigenvalue weighted by Crippen LogP contribution is -2.38. The van der Waals surface area contributed by atoms with Crippen LogP contribution in [0.2, 0.25) is 10.0 Å². The normalized spacial score (nSPS) is 12.0. The first-order valence-corrected chi connectivity index (χ1v) is 8.84. The third-order valence-corrected chi connectivity index (χ3v) is 4.52. The minimum Gasteiger partial charge on any atom is -0.347 e. The predicted molar refractivity (Wildman–Crippen MR) is 101 cm³/mol. The number of aromatic nitrogens is 5. The number of nitrogens with one attached hydrogen (secondary N) is 2. The van der Waals surface area contributed by atoms with Gasteiger partial charge in [-0.3, -0.25) is 14.3 Å². The standard InChI is InChI=1S/C17H16Cl2N6O2/c1-10(7-25-9-20-8-22-25)23-16(26)12-6-21-15(24-17(12)27)5-11-13(18)3-2-4-14(11)19/h2-4,6,8-10H,5,7H2,1H3,(H,23,26)(H,21,24,27). The molecule has 0 aliphatic rings. The van der Waals surface area contributed by atoms with Crippen molar-refractivity contribution in [2.24, 2.45) is 0 Å². The van der Waals surface area contributed by atoms with Gasteiger partial charge in [0.2, 0.25) is 0 Å². The first-order valence-electron chi connectivity index (χ1n) is 8.08. The van der Waals surface area contributed by atoms with Gasteiger partial charge in [0.15, 0.2) is 0 Å². The van der Waals surface area contributed by atoms with Crippen molar-refractivity contribution >= 4 is 29.1 Å². The van der Waals surface area contributed by atoms with Crippen LogP contribution in [0.15, 0.2) is 41.8 Å². The van der Waals surface area contributed by atoms with Gasteiger partial charge in [-0.05, 0) is 24.6 Å². The van der Waals surface area contributed by atoms with E-state index >= 15 is 0 Å². The lowest BCUT2D eigenvalue weighted by atomic mass is 10.1. The van der Waals surface area contributed by atoms with Gasteiger partial charge in [0.1, 0.15) is 24.0 Å². The molecule has 0 bridgehead atoms. The summed E-state index contributed by atoms with van der Waals surface area (Å²) in [6, 6.07) is 4.90. The van der Waals surface area contributed by atoms with E-state index in [-0.39, 0.29) is 18.0 Å². The Morgan fingerprint density at radius 2 is 2.07 bits per heavy atom. The van der Waals surface area contributed by atoms with E-state index in [2.05, 4.69) is 25.4 Å². The van der Waals surface area contributed by atoms with Crippen LogP contribution in [0.1, 0.15) is 28.7 Å². The van der Waals surface area contributed by atoms with Crippen LogP contribution < -0.4 is 10.9 Å². The highest BCUT2D eigenvalue weighted by Crippen LogP contribution is 2.25. The van der Waals surface area contributed by atoms with Crippen molar-refractivity contribution in [1.82, 2.24) is 30.0 Å². The highest BCUT2D eigenvalue weighted by Gasteiger charge is 2.16. The molecule has 0 aliphatic heterocycles. The summed E-state index contributed by atoms with van der Waals surface area (Å²) in [5.41, 5.74) is 0.0470. The van der Waals surface area contributed by atoms with Crippen molar-refractivity contribution in [2.75, 3.05) is 0 Å². The van der Waals surface area contributed by atoms with Gasteiger partial charge in [0, 0.05) is 28.7 Å². The summed E-state index contributed by atoms with van der Waals surface area (Å²) in [6.45, 7) is 2.23. The molecule has 2 heterocycles. The van der Waals surface area contributed by atoms with Crippen LogP contribution in [-0.2, 0) is 13.0 Å². The Morgan fingerprint density at radius 1 is 1.33 bits per heavy atom. The second kappa shape index (κ2) is 8.32. The number of hydrogen-bond acceptors (Lipinski definition) is 5. The second-order valence-electron chi connectivity index (χ2n) is 5.94. The number of nitrogens with zero attached hydrogens (tertiary/aromatic N) is 4. The van der Waals surface area contributed by atoms with E-state index in [1.165, 1.54) is 12.5 Å². The molecule has 0 radical (unpaired) electrons. The van der Waals surface area contributed by atoms with Crippen LogP contribution in [0.3, 0.4) is 0 Å². The summed E-state index contributed by atoms with van der Waals surface area (Å²) in [5.74, 6) is -0.152. The van der Waals surface area contributed by atoms with Crippen LogP contribution in [0.5, 0.6) is 0 Å². The van der Waals surface area contributed by atoms with E-state index in [4.69, 9.17) is 23.2 Å². The summed E-state index contributed by atoms with van der Waals surface area (Å²) in [4.78, 5) is 35.2. The largest absolute Gasteiger partial charge is 0.347 e. The molecule has 10 heteroatoms. The summed E-state index contributed by atoms with van der Waals surface area (Å²) in [7, 11) is 0. The fraction of sp³-hybridized carbons (Fsp3) is 0.235. The van der Waals surface area contributed by atoms with Gasteiger partial charge >= 0.3 is 0 Å². The lowest BCUT2D eigenvalue weighted by Gasteiger charge is -2.13. The molecule has 1 unspecified atom stereocenters. The predicted octanol–water partition coefficient (Wildman–Crippen LogP) is 2.08. The highest BCUT2D eigenvalue weighted by molar-refractivity contribution is 6.36. The highest BCUT2D eigenvalue weighted by atomic mass is 35.5. The van der Waals surface area contributed by atoms with Crippen molar-refractivity contribution in [3.8, 4) is 0 Å². The minimum atomic E-state index is -0.534. The van der Waals surface area contributed by atoms with Gasteiger partial charge in [0.25, 0.3) is 11.5 Å². The van der Waals surface area contributed by atoms with Crippen molar-refractivity contribution < 1.29 is 4.79 Å². The third-order valence-electron chi connectivity index (χ3n) is 3.81. The van der Waals surface area contributed by atoms with Gasteiger partial charge in [-0.25, -0.2) is 9.97 Å². The molecular formula is C17H16Cl2N6O2. The smallest absolute Gasteiger partial charge is 0.263 e. The van der Waals surface area contributed by atoms with Crippen molar-refractivity contribution in [3.63, 3.8) is 0 Å². The van der Waals surface area contributed by atoms with Crippen LogP contribution in [-0.4, -0.2) is 36.7 Å². The van der Waals surface area contributed by atoms with Gasteiger partial charge in [0.05, 0.1) is 6.54 Å². The number of hydrogen-bond donors (Lipinski definition) is 2. The van der Waals surface area contributed by atoms with Gasteiger partial charge in [-0.1, -0.05) is 29.3 Å². The zero-order chi connectivity index (χ0) is 19.4. The molecule has 3 aromatic rings. The molecule has 3 rings (SSSR count). The summed E-state index contributed by atoms with van der Waals surface area (Å²) < 4.78 is 1.59. The number of carbonyl (C=O) groups excluding carboxylic acids is 1. The van der Waals surface area contributed by atoms with E-state index < -0.39 is 11.5 Å². The number of carbonyl (C=O) groups is 1. The van der Waals surface area contributed by atoms with E-state index in [0.29, 0.717) is 28.0 Å². The Morgan fingerprint density at radius 3 is 2.70 bits per heavy atom. The molecule has 1 amide bonds. The van der Waals surface area contributed by atoms with Crippen molar-refractivity contribution in [1.29, 1.82) is 0 Å². The van der Waals surface area contributed by atoms with Crippen LogP contribution in [0.25, 0.3) is 0 Å². The number of rotatable bonds is 6. The monoisotopic (exact) mass is 406 g/mol. The Kier molecular flexibility index (Phi) is 5.88. The molecule has 0 saturated heterocycles. The Bertz CT molecular complexity index is 983. The number of halogens is 2. The molecule has 1 aromatic carbocycles. The Hall–Kier alpha value is -2.71. The maximum absolute atomic E-state index is 12.3. The lowest BCUT2D eigenvalue weighted by molar-refractivity contribution is 0.0934. The molecule has 2 aromatic heterocycles. The molecule has 140 valence electrons. The SMILES string of the molecule is CC(Cn1cncn1)NC(=O)c1cnc(Cc2c(Cl)cccc2Cl)[nH]c1=O. The average molecular weight is 407 g/mol. The molecule has 0 saturated carbocycles. The second-order valence-corrected chi connectivity index (χ2v) is 6.76. The zero-order valence-corrected chi connectivity index (χ0v) is 15.8. The number of aromatic amines is 1. The van der Waals surface area contributed by atoms with Gasteiger partial charge < -0.3 is 10.3 Å². The summed E-state index contributed by atoms with van der Waals surface area (Å²) in [6.07, 6.45) is 4.45. The molecule has 1 atom stereocenters. The summed E-state index contributed by atoms with van der Waals surface area (Å²) >= 11 is 12.3. The first-order chi connectivity index (χ1) is 12.9. The van der Waals surface area contributed by atoms with E-state index in [1.807, 2.05) is 0 Å². The summed E-state index contributed by atoms with van der Waals surface area (Å²) in [5, 5.41) is 7.67. The quantitative estimate of drug-likeness (QED) is 0.651. The Labute approximate surface area is 164 Å².